The maximum absolute atomic E-state index is 6.01. The van der Waals surface area contributed by atoms with Crippen molar-refractivity contribution in [3.63, 3.8) is 0 Å². The van der Waals surface area contributed by atoms with Gasteiger partial charge in [0.25, 0.3) is 0 Å². The van der Waals surface area contributed by atoms with E-state index < -0.39 is 0 Å². The maximum atomic E-state index is 6.01. The molecule has 2 N–H and O–H groups in total. The normalized spacial score (nSPS) is 21.7. The van der Waals surface area contributed by atoms with E-state index in [0.29, 0.717) is 6.54 Å². The Hall–Kier alpha value is -0.130. The van der Waals surface area contributed by atoms with Crippen molar-refractivity contribution >= 4 is 27.5 Å². The minimum atomic E-state index is 0.154. The first-order chi connectivity index (χ1) is 8.19. The molecule has 1 fully saturated rings. The second-order valence-electron chi connectivity index (χ2n) is 4.20. The van der Waals surface area contributed by atoms with E-state index in [2.05, 4.69) is 20.8 Å². The van der Waals surface area contributed by atoms with Crippen LogP contribution >= 0.6 is 27.5 Å². The van der Waals surface area contributed by atoms with E-state index >= 15 is 0 Å². The molecule has 0 saturated carbocycles. The van der Waals surface area contributed by atoms with E-state index in [4.69, 9.17) is 22.1 Å². The Morgan fingerprint density at radius 1 is 1.53 bits per heavy atom. The molecule has 0 amide bonds. The molecule has 0 aliphatic carbocycles. The fraction of sp³-hybridized carbons (Fsp3) is 0.500. The molecular formula is C12H16BrClN2O. The topological polar surface area (TPSA) is 38.5 Å². The Morgan fingerprint density at radius 2 is 2.35 bits per heavy atom. The van der Waals surface area contributed by atoms with Crippen molar-refractivity contribution in [2.24, 2.45) is 5.73 Å². The Balaban J connectivity index is 2.02. The van der Waals surface area contributed by atoms with Crippen LogP contribution in [0.3, 0.4) is 0 Å². The molecule has 0 bridgehead atoms. The highest BCUT2D eigenvalue weighted by Crippen LogP contribution is 2.23. The largest absolute Gasteiger partial charge is 0.374 e. The molecule has 1 aromatic rings. The van der Waals surface area contributed by atoms with E-state index in [1.807, 2.05) is 18.2 Å². The van der Waals surface area contributed by atoms with Crippen LogP contribution in [-0.2, 0) is 11.3 Å². The van der Waals surface area contributed by atoms with Gasteiger partial charge in [-0.3, -0.25) is 4.90 Å². The first kappa shape index (κ1) is 13.3. The smallest absolute Gasteiger partial charge is 0.0824 e. The van der Waals surface area contributed by atoms with Crippen molar-refractivity contribution in [1.29, 1.82) is 0 Å². The predicted molar refractivity (Wildman–Crippen MR) is 73.2 cm³/mol. The lowest BCUT2D eigenvalue weighted by Gasteiger charge is -2.32. The van der Waals surface area contributed by atoms with Gasteiger partial charge in [0.15, 0.2) is 0 Å². The van der Waals surface area contributed by atoms with Crippen LogP contribution in [0.2, 0.25) is 5.02 Å². The molecule has 1 unspecified atom stereocenters. The van der Waals surface area contributed by atoms with Crippen LogP contribution in [0.1, 0.15) is 5.56 Å². The van der Waals surface area contributed by atoms with Gasteiger partial charge in [-0.25, -0.2) is 0 Å². The molecule has 1 aliphatic rings. The summed E-state index contributed by atoms with van der Waals surface area (Å²) in [4.78, 5) is 2.34. The fourth-order valence-corrected chi connectivity index (χ4v) is 2.54. The molecule has 3 nitrogen and oxygen atoms in total. The van der Waals surface area contributed by atoms with Gasteiger partial charge in [0, 0.05) is 35.7 Å². The van der Waals surface area contributed by atoms with Gasteiger partial charge in [-0.05, 0) is 23.8 Å². The van der Waals surface area contributed by atoms with Crippen LogP contribution in [-0.4, -0.2) is 37.2 Å². The Morgan fingerprint density at radius 3 is 3.12 bits per heavy atom. The average molecular weight is 320 g/mol. The summed E-state index contributed by atoms with van der Waals surface area (Å²) in [5.74, 6) is 0. The van der Waals surface area contributed by atoms with Gasteiger partial charge in [-0.2, -0.15) is 0 Å². The fourth-order valence-electron chi connectivity index (χ4n) is 1.97. The number of hydrogen-bond acceptors (Lipinski definition) is 3. The Bertz CT molecular complexity index is 389. The molecule has 1 aliphatic heterocycles. The monoisotopic (exact) mass is 318 g/mol. The molecule has 0 spiro atoms. The van der Waals surface area contributed by atoms with Crippen molar-refractivity contribution < 1.29 is 4.74 Å². The molecule has 1 aromatic carbocycles. The van der Waals surface area contributed by atoms with E-state index in [-0.39, 0.29) is 6.10 Å². The van der Waals surface area contributed by atoms with Gasteiger partial charge >= 0.3 is 0 Å². The molecule has 0 aromatic heterocycles. The van der Waals surface area contributed by atoms with Crippen LogP contribution in [0.4, 0.5) is 0 Å². The van der Waals surface area contributed by atoms with Gasteiger partial charge in [0.05, 0.1) is 12.7 Å². The number of nitrogens with two attached hydrogens (primary N) is 1. The third-order valence-corrected chi connectivity index (χ3v) is 3.90. The predicted octanol–water partition coefficient (Wildman–Crippen LogP) is 2.26. The highest BCUT2D eigenvalue weighted by molar-refractivity contribution is 9.10. The average Bonchev–Trinajstić information content (AvgIpc) is 2.34. The van der Waals surface area contributed by atoms with Gasteiger partial charge in [-0.15, -0.1) is 0 Å². The lowest BCUT2D eigenvalue weighted by atomic mass is 10.2. The lowest BCUT2D eigenvalue weighted by molar-refractivity contribution is -0.0261. The second kappa shape index (κ2) is 6.16. The standard InChI is InChI=1S/C12H16BrClN2O/c13-12-2-1-10(14)5-9(12)7-16-3-4-17-11(6-15)8-16/h1-2,5,11H,3-4,6-8,15H2. The van der Waals surface area contributed by atoms with Crippen LogP contribution in [0.15, 0.2) is 22.7 Å². The van der Waals surface area contributed by atoms with Gasteiger partial charge in [0.2, 0.25) is 0 Å². The molecule has 0 radical (unpaired) electrons. The maximum Gasteiger partial charge on any atom is 0.0824 e. The van der Waals surface area contributed by atoms with E-state index in [9.17, 15) is 0 Å². The zero-order chi connectivity index (χ0) is 12.3. The second-order valence-corrected chi connectivity index (χ2v) is 5.49. The summed E-state index contributed by atoms with van der Waals surface area (Å²) >= 11 is 9.55. The summed E-state index contributed by atoms with van der Waals surface area (Å²) in [6.07, 6.45) is 0.154. The highest BCUT2D eigenvalue weighted by Gasteiger charge is 2.19. The first-order valence-electron chi connectivity index (χ1n) is 5.67. The summed E-state index contributed by atoms with van der Waals surface area (Å²) in [5.41, 5.74) is 6.83. The minimum Gasteiger partial charge on any atom is -0.374 e. The van der Waals surface area contributed by atoms with Crippen molar-refractivity contribution in [2.45, 2.75) is 12.6 Å². The molecule has 5 heteroatoms. The number of rotatable bonds is 3. The van der Waals surface area contributed by atoms with Gasteiger partial charge < -0.3 is 10.5 Å². The molecule has 1 saturated heterocycles. The number of nitrogens with zero attached hydrogens (tertiary/aromatic N) is 1. The van der Waals surface area contributed by atoms with E-state index in [1.54, 1.807) is 0 Å². The van der Waals surface area contributed by atoms with Crippen molar-refractivity contribution in [1.82, 2.24) is 4.90 Å². The number of halogens is 2. The lowest BCUT2D eigenvalue weighted by Crippen LogP contribution is -2.45. The van der Waals surface area contributed by atoms with E-state index in [1.165, 1.54) is 5.56 Å². The quantitative estimate of drug-likeness (QED) is 0.929. The highest BCUT2D eigenvalue weighted by atomic mass is 79.9. The minimum absolute atomic E-state index is 0.154. The molecule has 2 rings (SSSR count). The number of morpholine rings is 1. The third kappa shape index (κ3) is 3.66. The molecule has 17 heavy (non-hydrogen) atoms. The first-order valence-corrected chi connectivity index (χ1v) is 6.84. The number of ether oxygens (including phenoxy) is 1. The summed E-state index contributed by atoms with van der Waals surface area (Å²) in [6.45, 7) is 4.03. The van der Waals surface area contributed by atoms with Crippen molar-refractivity contribution in [3.05, 3.63) is 33.3 Å². The Labute approximate surface area is 115 Å². The van der Waals surface area contributed by atoms with Gasteiger partial charge in [0.1, 0.15) is 0 Å². The summed E-state index contributed by atoms with van der Waals surface area (Å²) in [5, 5.41) is 0.770. The van der Waals surface area contributed by atoms with Crippen molar-refractivity contribution in [2.75, 3.05) is 26.2 Å². The van der Waals surface area contributed by atoms with Crippen LogP contribution in [0.25, 0.3) is 0 Å². The summed E-state index contributed by atoms with van der Waals surface area (Å²) < 4.78 is 6.64. The zero-order valence-corrected chi connectivity index (χ0v) is 11.9. The van der Waals surface area contributed by atoms with Crippen LogP contribution in [0.5, 0.6) is 0 Å². The number of benzene rings is 1. The summed E-state index contributed by atoms with van der Waals surface area (Å²) in [7, 11) is 0. The van der Waals surface area contributed by atoms with E-state index in [0.717, 1.165) is 35.7 Å². The Kier molecular flexibility index (Phi) is 4.82. The molecule has 94 valence electrons. The van der Waals surface area contributed by atoms with Crippen molar-refractivity contribution in [3.8, 4) is 0 Å². The zero-order valence-electron chi connectivity index (χ0n) is 9.53. The SMILES string of the molecule is NCC1CN(Cc2cc(Cl)ccc2Br)CCO1. The molecular weight excluding hydrogens is 304 g/mol. The number of hydrogen-bond donors (Lipinski definition) is 1. The van der Waals surface area contributed by atoms with Crippen LogP contribution < -0.4 is 5.73 Å². The van der Waals surface area contributed by atoms with Gasteiger partial charge in [-0.1, -0.05) is 27.5 Å². The third-order valence-electron chi connectivity index (χ3n) is 2.89. The molecule has 1 atom stereocenters. The van der Waals surface area contributed by atoms with Crippen LogP contribution in [0, 0.1) is 0 Å². The summed E-state index contributed by atoms with van der Waals surface area (Å²) in [6, 6.07) is 5.87. The molecule has 1 heterocycles.